The Bertz CT molecular complexity index is 856. The summed E-state index contributed by atoms with van der Waals surface area (Å²) in [7, 11) is 1.54. The molecule has 0 unspecified atom stereocenters. The lowest BCUT2D eigenvalue weighted by atomic mass is 10.1. The van der Waals surface area contributed by atoms with Crippen molar-refractivity contribution in [3.8, 4) is 5.75 Å². The van der Waals surface area contributed by atoms with Crippen molar-refractivity contribution in [3.05, 3.63) is 35.2 Å². The van der Waals surface area contributed by atoms with Gasteiger partial charge in [-0.15, -0.1) is 0 Å². The number of benzene rings is 1. The number of anilines is 2. The molecule has 1 heterocycles. The van der Waals surface area contributed by atoms with E-state index in [4.69, 9.17) is 4.74 Å². The van der Waals surface area contributed by atoms with Crippen molar-refractivity contribution in [1.82, 2.24) is 9.78 Å². The van der Waals surface area contributed by atoms with Gasteiger partial charge in [-0.1, -0.05) is 13.8 Å². The van der Waals surface area contributed by atoms with E-state index in [1.54, 1.807) is 25.3 Å². The van der Waals surface area contributed by atoms with Crippen molar-refractivity contribution in [3.63, 3.8) is 0 Å². The second-order valence-electron chi connectivity index (χ2n) is 7.37. The molecule has 0 aliphatic rings. The van der Waals surface area contributed by atoms with Crippen LogP contribution in [0.3, 0.4) is 0 Å². The summed E-state index contributed by atoms with van der Waals surface area (Å²) < 4.78 is 7.33. The monoisotopic (exact) mass is 386 g/mol. The van der Waals surface area contributed by atoms with E-state index in [2.05, 4.69) is 36.5 Å². The topological polar surface area (TPSA) is 85.2 Å². The molecule has 2 rings (SSSR count). The molecule has 7 nitrogen and oxygen atoms in total. The van der Waals surface area contributed by atoms with Gasteiger partial charge >= 0.3 is 0 Å². The smallest absolute Gasteiger partial charge is 0.224 e. The number of ether oxygens (including phenoxy) is 1. The number of hydrogen-bond donors (Lipinski definition) is 2. The zero-order chi connectivity index (χ0) is 20.8. The number of methoxy groups -OCH3 is 1. The maximum absolute atomic E-state index is 12.5. The molecule has 0 spiro atoms. The van der Waals surface area contributed by atoms with Crippen LogP contribution in [0.1, 0.15) is 44.1 Å². The van der Waals surface area contributed by atoms with Gasteiger partial charge in [-0.2, -0.15) is 5.10 Å². The minimum absolute atomic E-state index is 0.117. The van der Waals surface area contributed by atoms with Crippen LogP contribution in [0.25, 0.3) is 0 Å². The van der Waals surface area contributed by atoms with Crippen LogP contribution < -0.4 is 15.4 Å². The Hall–Kier alpha value is -2.83. The first kappa shape index (κ1) is 21.5. The van der Waals surface area contributed by atoms with Gasteiger partial charge in [0.05, 0.1) is 18.5 Å². The molecule has 0 radical (unpaired) electrons. The third-order valence-electron chi connectivity index (χ3n) is 4.47. The molecule has 1 aromatic heterocycles. The fourth-order valence-corrected chi connectivity index (χ4v) is 3.16. The van der Waals surface area contributed by atoms with Crippen LogP contribution in [0.2, 0.25) is 0 Å². The Morgan fingerprint density at radius 1 is 1.21 bits per heavy atom. The normalized spacial score (nSPS) is 10.8. The first-order chi connectivity index (χ1) is 13.2. The van der Waals surface area contributed by atoms with Gasteiger partial charge in [-0.25, -0.2) is 0 Å². The number of aryl methyl sites for hydroxylation is 1. The molecule has 0 aliphatic carbocycles. The van der Waals surface area contributed by atoms with Gasteiger partial charge in [-0.3, -0.25) is 14.3 Å². The second-order valence-corrected chi connectivity index (χ2v) is 7.37. The van der Waals surface area contributed by atoms with Crippen LogP contribution in [0.4, 0.5) is 11.4 Å². The number of carbonyl (C=O) groups is 2. The molecule has 0 atom stereocenters. The largest absolute Gasteiger partial charge is 0.495 e. The summed E-state index contributed by atoms with van der Waals surface area (Å²) in [5.41, 5.74) is 4.34. The van der Waals surface area contributed by atoms with Crippen molar-refractivity contribution in [2.24, 2.45) is 5.92 Å². The lowest BCUT2D eigenvalue weighted by molar-refractivity contribution is -0.116. The predicted molar refractivity (Wildman–Crippen MR) is 111 cm³/mol. The molecular formula is C21H30N4O3. The van der Waals surface area contributed by atoms with E-state index in [9.17, 15) is 9.59 Å². The minimum Gasteiger partial charge on any atom is -0.495 e. The number of aromatic nitrogens is 2. The van der Waals surface area contributed by atoms with Gasteiger partial charge < -0.3 is 15.4 Å². The molecule has 7 heteroatoms. The van der Waals surface area contributed by atoms with Gasteiger partial charge in [0.2, 0.25) is 11.8 Å². The molecule has 0 fully saturated rings. The zero-order valence-corrected chi connectivity index (χ0v) is 17.5. The lowest BCUT2D eigenvalue weighted by Gasteiger charge is -2.12. The Kier molecular flexibility index (Phi) is 7.20. The fraction of sp³-hybridized carbons (Fsp3) is 0.476. The quantitative estimate of drug-likeness (QED) is 0.724. The number of carbonyl (C=O) groups excluding carboxylic acids is 2. The van der Waals surface area contributed by atoms with Crippen molar-refractivity contribution in [2.45, 2.75) is 54.0 Å². The molecule has 2 N–H and O–H groups in total. The summed E-state index contributed by atoms with van der Waals surface area (Å²) in [6, 6.07) is 5.13. The van der Waals surface area contributed by atoms with Crippen molar-refractivity contribution in [1.29, 1.82) is 0 Å². The third-order valence-corrected chi connectivity index (χ3v) is 4.47. The number of nitrogens with zero attached hydrogens (tertiary/aromatic N) is 2. The van der Waals surface area contributed by atoms with Crippen LogP contribution in [0.15, 0.2) is 18.2 Å². The standard InChI is InChI=1S/C21H30N4O3/c1-13(2)12-25-15(4)18(14(3)24-25)8-10-21(27)23-19-11-17(22-16(5)26)7-9-20(19)28-6/h7,9,11,13H,8,10,12H2,1-6H3,(H,22,26)(H,23,27). The van der Waals surface area contributed by atoms with E-state index in [0.717, 1.165) is 23.5 Å². The average Bonchev–Trinajstić information content (AvgIpc) is 2.85. The number of hydrogen-bond acceptors (Lipinski definition) is 4. The Balaban J connectivity index is 2.07. The van der Waals surface area contributed by atoms with Gasteiger partial charge in [0.25, 0.3) is 0 Å². The molecule has 2 aromatic rings. The average molecular weight is 386 g/mol. The first-order valence-electron chi connectivity index (χ1n) is 9.49. The van der Waals surface area contributed by atoms with Crippen LogP contribution in [0.5, 0.6) is 5.75 Å². The van der Waals surface area contributed by atoms with E-state index in [-0.39, 0.29) is 11.8 Å². The molecule has 0 saturated carbocycles. The number of amides is 2. The third kappa shape index (κ3) is 5.58. The first-order valence-corrected chi connectivity index (χ1v) is 9.49. The molecule has 0 aliphatic heterocycles. The van der Waals surface area contributed by atoms with E-state index in [1.807, 2.05) is 11.6 Å². The molecular weight excluding hydrogens is 356 g/mol. The van der Waals surface area contributed by atoms with E-state index in [0.29, 0.717) is 35.9 Å². The zero-order valence-electron chi connectivity index (χ0n) is 17.5. The highest BCUT2D eigenvalue weighted by Gasteiger charge is 2.15. The Labute approximate surface area is 166 Å². The molecule has 0 saturated heterocycles. The summed E-state index contributed by atoms with van der Waals surface area (Å²) in [6.45, 7) is 10.7. The van der Waals surface area contributed by atoms with Crippen molar-refractivity contribution >= 4 is 23.2 Å². The lowest BCUT2D eigenvalue weighted by Crippen LogP contribution is -2.14. The summed E-state index contributed by atoms with van der Waals surface area (Å²) in [6.07, 6.45) is 0.956. The SMILES string of the molecule is COc1ccc(NC(C)=O)cc1NC(=O)CCc1c(C)nn(CC(C)C)c1C. The van der Waals surface area contributed by atoms with Crippen molar-refractivity contribution in [2.75, 3.05) is 17.7 Å². The molecule has 152 valence electrons. The highest BCUT2D eigenvalue weighted by atomic mass is 16.5. The summed E-state index contributed by atoms with van der Waals surface area (Å²) >= 11 is 0. The summed E-state index contributed by atoms with van der Waals surface area (Å²) in [5.74, 6) is 0.762. The number of rotatable bonds is 8. The molecule has 2 amide bonds. The fourth-order valence-electron chi connectivity index (χ4n) is 3.16. The van der Waals surface area contributed by atoms with Crippen LogP contribution in [-0.4, -0.2) is 28.7 Å². The van der Waals surface area contributed by atoms with Crippen LogP contribution in [-0.2, 0) is 22.6 Å². The maximum atomic E-state index is 12.5. The van der Waals surface area contributed by atoms with E-state index in [1.165, 1.54) is 6.92 Å². The van der Waals surface area contributed by atoms with Crippen LogP contribution >= 0.6 is 0 Å². The van der Waals surface area contributed by atoms with Crippen molar-refractivity contribution < 1.29 is 14.3 Å². The molecule has 28 heavy (non-hydrogen) atoms. The Morgan fingerprint density at radius 2 is 1.93 bits per heavy atom. The highest BCUT2D eigenvalue weighted by molar-refractivity contribution is 5.95. The summed E-state index contributed by atoms with van der Waals surface area (Å²) in [5, 5.41) is 10.2. The molecule has 0 bridgehead atoms. The van der Waals surface area contributed by atoms with E-state index < -0.39 is 0 Å². The van der Waals surface area contributed by atoms with Gasteiger partial charge in [0, 0.05) is 31.3 Å². The van der Waals surface area contributed by atoms with Gasteiger partial charge in [-0.05, 0) is 49.9 Å². The van der Waals surface area contributed by atoms with Gasteiger partial charge in [0.15, 0.2) is 0 Å². The van der Waals surface area contributed by atoms with E-state index >= 15 is 0 Å². The number of nitrogens with one attached hydrogen (secondary N) is 2. The predicted octanol–water partition coefficient (Wildman–Crippen LogP) is 3.69. The maximum Gasteiger partial charge on any atom is 0.224 e. The highest BCUT2D eigenvalue weighted by Crippen LogP contribution is 2.28. The van der Waals surface area contributed by atoms with Crippen LogP contribution in [0, 0.1) is 19.8 Å². The van der Waals surface area contributed by atoms with Gasteiger partial charge in [0.1, 0.15) is 5.75 Å². The molecule has 1 aromatic carbocycles. The second kappa shape index (κ2) is 9.39. The summed E-state index contributed by atoms with van der Waals surface area (Å²) in [4.78, 5) is 23.8. The Morgan fingerprint density at radius 3 is 2.54 bits per heavy atom. The minimum atomic E-state index is -0.174.